The van der Waals surface area contributed by atoms with Gasteiger partial charge in [-0.05, 0) is 36.6 Å². The lowest BCUT2D eigenvalue weighted by atomic mass is 10.1. The Morgan fingerprint density at radius 1 is 0.833 bits per heavy atom. The Bertz CT molecular complexity index is 562. The van der Waals surface area contributed by atoms with Gasteiger partial charge in [-0.2, -0.15) is 0 Å². The number of aryl methyl sites for hydroxylation is 1. The first-order chi connectivity index (χ1) is 8.86. The summed E-state index contributed by atoms with van der Waals surface area (Å²) in [5.41, 5.74) is 3.25. The average molecular weight is 237 g/mol. The van der Waals surface area contributed by atoms with E-state index in [-0.39, 0.29) is 5.91 Å². The fraction of sp³-hybridized carbons (Fsp3) is 0.188. The predicted molar refractivity (Wildman–Crippen MR) is 73.0 cm³/mol. The summed E-state index contributed by atoms with van der Waals surface area (Å²) in [5.74, 6) is 0.186. The molecule has 0 atom stereocenters. The third kappa shape index (κ3) is 1.90. The van der Waals surface area contributed by atoms with Gasteiger partial charge in [0.1, 0.15) is 0 Å². The summed E-state index contributed by atoms with van der Waals surface area (Å²) in [7, 11) is 0. The number of benzene rings is 2. The topological polar surface area (TPSA) is 20.3 Å². The van der Waals surface area contributed by atoms with Crippen LogP contribution in [0.1, 0.15) is 18.4 Å². The molecule has 1 aliphatic rings. The Morgan fingerprint density at radius 3 is 2.39 bits per heavy atom. The van der Waals surface area contributed by atoms with Gasteiger partial charge in [0, 0.05) is 12.1 Å². The molecule has 2 aromatic rings. The third-order valence-corrected chi connectivity index (χ3v) is 3.33. The van der Waals surface area contributed by atoms with E-state index in [2.05, 4.69) is 6.07 Å². The first-order valence-electron chi connectivity index (χ1n) is 6.32. The van der Waals surface area contributed by atoms with E-state index >= 15 is 0 Å². The van der Waals surface area contributed by atoms with E-state index in [1.54, 1.807) is 0 Å². The zero-order chi connectivity index (χ0) is 12.4. The Kier molecular flexibility index (Phi) is 2.85. The molecule has 2 nitrogen and oxygen atoms in total. The highest BCUT2D eigenvalue weighted by Gasteiger charge is 2.22. The third-order valence-electron chi connectivity index (χ3n) is 3.33. The van der Waals surface area contributed by atoms with Crippen molar-refractivity contribution in [3.05, 3.63) is 60.2 Å². The predicted octanol–water partition coefficient (Wildman–Crippen LogP) is 3.69. The largest absolute Gasteiger partial charge is 0.281 e. The lowest BCUT2D eigenvalue weighted by Crippen LogP contribution is -2.24. The number of fused-ring (bicyclic) bond motifs is 1. The van der Waals surface area contributed by atoms with Crippen molar-refractivity contribution >= 4 is 17.3 Å². The quantitative estimate of drug-likeness (QED) is 0.740. The molecule has 0 N–H and O–H groups in total. The second kappa shape index (κ2) is 4.65. The second-order valence-corrected chi connectivity index (χ2v) is 4.55. The van der Waals surface area contributed by atoms with Gasteiger partial charge in [-0.1, -0.05) is 36.4 Å². The number of nitrogens with zero attached hydrogens (tertiary/aromatic N) is 1. The minimum atomic E-state index is 0.186. The molecule has 0 saturated heterocycles. The molecular weight excluding hydrogens is 222 g/mol. The van der Waals surface area contributed by atoms with Crippen LogP contribution < -0.4 is 4.90 Å². The number of amides is 1. The summed E-state index contributed by atoms with van der Waals surface area (Å²) in [4.78, 5) is 14.2. The van der Waals surface area contributed by atoms with E-state index in [0.717, 1.165) is 24.2 Å². The summed E-state index contributed by atoms with van der Waals surface area (Å²) in [6, 6.07) is 18.1. The average Bonchev–Trinajstić information content (AvgIpc) is 2.58. The molecule has 0 bridgehead atoms. The van der Waals surface area contributed by atoms with E-state index < -0.39 is 0 Å². The van der Waals surface area contributed by atoms with Gasteiger partial charge in [0.15, 0.2) is 0 Å². The van der Waals surface area contributed by atoms with Gasteiger partial charge < -0.3 is 0 Å². The van der Waals surface area contributed by atoms with Gasteiger partial charge in [-0.15, -0.1) is 0 Å². The van der Waals surface area contributed by atoms with Crippen LogP contribution in [0, 0.1) is 0 Å². The molecule has 90 valence electrons. The standard InChI is InChI=1S/C16H15NO/c18-16-12-6-8-13-7-4-5-11-15(13)17(16)14-9-2-1-3-10-14/h1-5,7,9-11H,6,8,12H2. The molecule has 0 unspecified atom stereocenters. The SMILES string of the molecule is O=C1CCCc2ccccc2N1c1ccccc1. The number of carbonyl (C=O) groups is 1. The molecule has 1 aliphatic heterocycles. The van der Waals surface area contributed by atoms with Gasteiger partial charge in [0.05, 0.1) is 5.69 Å². The lowest BCUT2D eigenvalue weighted by Gasteiger charge is -2.23. The number of carbonyl (C=O) groups excluding carboxylic acids is 1. The van der Waals surface area contributed by atoms with Gasteiger partial charge in [0.25, 0.3) is 0 Å². The van der Waals surface area contributed by atoms with E-state index in [4.69, 9.17) is 0 Å². The fourth-order valence-corrected chi connectivity index (χ4v) is 2.48. The molecule has 0 radical (unpaired) electrons. The highest BCUT2D eigenvalue weighted by Crippen LogP contribution is 2.32. The lowest BCUT2D eigenvalue weighted by molar-refractivity contribution is -0.117. The molecule has 0 spiro atoms. The van der Waals surface area contributed by atoms with Crippen molar-refractivity contribution in [3.63, 3.8) is 0 Å². The highest BCUT2D eigenvalue weighted by atomic mass is 16.2. The van der Waals surface area contributed by atoms with E-state index in [1.165, 1.54) is 5.56 Å². The van der Waals surface area contributed by atoms with Crippen molar-refractivity contribution in [2.75, 3.05) is 4.90 Å². The zero-order valence-corrected chi connectivity index (χ0v) is 10.2. The number of anilines is 2. The van der Waals surface area contributed by atoms with Crippen molar-refractivity contribution in [1.82, 2.24) is 0 Å². The van der Waals surface area contributed by atoms with Gasteiger partial charge in [-0.3, -0.25) is 9.69 Å². The van der Waals surface area contributed by atoms with Crippen molar-refractivity contribution in [2.45, 2.75) is 19.3 Å². The number of hydrogen-bond donors (Lipinski definition) is 0. The zero-order valence-electron chi connectivity index (χ0n) is 10.2. The molecule has 1 heterocycles. The number of hydrogen-bond acceptors (Lipinski definition) is 1. The minimum absolute atomic E-state index is 0.186. The van der Waals surface area contributed by atoms with Crippen molar-refractivity contribution in [2.24, 2.45) is 0 Å². The first-order valence-corrected chi connectivity index (χ1v) is 6.32. The van der Waals surface area contributed by atoms with Crippen molar-refractivity contribution < 1.29 is 4.79 Å². The Balaban J connectivity index is 2.14. The molecule has 3 rings (SSSR count). The summed E-state index contributed by atoms with van der Waals surface area (Å²) >= 11 is 0. The maximum Gasteiger partial charge on any atom is 0.231 e. The molecule has 18 heavy (non-hydrogen) atoms. The summed E-state index contributed by atoms with van der Waals surface area (Å²) < 4.78 is 0. The van der Waals surface area contributed by atoms with Gasteiger partial charge >= 0.3 is 0 Å². The highest BCUT2D eigenvalue weighted by molar-refractivity contribution is 6.01. The minimum Gasteiger partial charge on any atom is -0.281 e. The van der Waals surface area contributed by atoms with Crippen LogP contribution in [-0.4, -0.2) is 5.91 Å². The molecule has 0 aromatic heterocycles. The smallest absolute Gasteiger partial charge is 0.231 e. The van der Waals surface area contributed by atoms with E-state index in [9.17, 15) is 4.79 Å². The number of para-hydroxylation sites is 2. The van der Waals surface area contributed by atoms with Crippen LogP contribution in [0.4, 0.5) is 11.4 Å². The Morgan fingerprint density at radius 2 is 1.56 bits per heavy atom. The molecule has 2 heteroatoms. The first kappa shape index (κ1) is 11.0. The molecule has 1 amide bonds. The molecule has 0 aliphatic carbocycles. The molecule has 2 aromatic carbocycles. The maximum absolute atomic E-state index is 12.3. The van der Waals surface area contributed by atoms with E-state index in [1.807, 2.05) is 53.4 Å². The normalized spacial score (nSPS) is 15.1. The summed E-state index contributed by atoms with van der Waals surface area (Å²) in [5, 5.41) is 0. The number of rotatable bonds is 1. The van der Waals surface area contributed by atoms with Gasteiger partial charge in [0.2, 0.25) is 5.91 Å². The van der Waals surface area contributed by atoms with Crippen molar-refractivity contribution in [3.8, 4) is 0 Å². The molecule has 0 fully saturated rings. The van der Waals surface area contributed by atoms with Crippen LogP contribution in [0.15, 0.2) is 54.6 Å². The Hall–Kier alpha value is -2.09. The molecule has 0 saturated carbocycles. The van der Waals surface area contributed by atoms with Gasteiger partial charge in [-0.25, -0.2) is 0 Å². The van der Waals surface area contributed by atoms with Crippen LogP contribution in [-0.2, 0) is 11.2 Å². The van der Waals surface area contributed by atoms with Crippen molar-refractivity contribution in [1.29, 1.82) is 0 Å². The Labute approximate surface area is 107 Å². The van der Waals surface area contributed by atoms with Crippen LogP contribution in [0.3, 0.4) is 0 Å². The summed E-state index contributed by atoms with van der Waals surface area (Å²) in [6.07, 6.45) is 2.52. The fourth-order valence-electron chi connectivity index (χ4n) is 2.48. The van der Waals surface area contributed by atoms with Crippen LogP contribution >= 0.6 is 0 Å². The van der Waals surface area contributed by atoms with E-state index in [0.29, 0.717) is 6.42 Å². The summed E-state index contributed by atoms with van der Waals surface area (Å²) in [6.45, 7) is 0. The maximum atomic E-state index is 12.3. The van der Waals surface area contributed by atoms with Crippen LogP contribution in [0.25, 0.3) is 0 Å². The van der Waals surface area contributed by atoms with Crippen LogP contribution in [0.5, 0.6) is 0 Å². The monoisotopic (exact) mass is 237 g/mol. The van der Waals surface area contributed by atoms with Crippen LogP contribution in [0.2, 0.25) is 0 Å². The molecular formula is C16H15NO. The second-order valence-electron chi connectivity index (χ2n) is 4.55.